The first kappa shape index (κ1) is 15.0. The Bertz CT molecular complexity index is 583. The number of rotatable bonds is 5. The highest BCUT2D eigenvalue weighted by Crippen LogP contribution is 2.18. The molecule has 0 aromatic carbocycles. The molecule has 1 aliphatic heterocycles. The van der Waals surface area contributed by atoms with Crippen LogP contribution < -0.4 is 5.32 Å². The van der Waals surface area contributed by atoms with Crippen LogP contribution in [0.1, 0.15) is 17.7 Å². The zero-order chi connectivity index (χ0) is 15.2. The van der Waals surface area contributed by atoms with E-state index >= 15 is 0 Å². The Balaban J connectivity index is 1.67. The third-order valence-corrected chi connectivity index (χ3v) is 4.44. The summed E-state index contributed by atoms with van der Waals surface area (Å²) in [5.74, 6) is 0. The zero-order valence-corrected chi connectivity index (χ0v) is 13.1. The van der Waals surface area contributed by atoms with Crippen LogP contribution in [-0.4, -0.2) is 35.2 Å². The Kier molecular flexibility index (Phi) is 5.03. The van der Waals surface area contributed by atoms with Crippen LogP contribution in [0.4, 0.5) is 10.5 Å². The van der Waals surface area contributed by atoms with Crippen LogP contribution in [-0.2, 0) is 11.3 Å². The monoisotopic (exact) mass is 317 g/mol. The highest BCUT2D eigenvalue weighted by atomic mass is 32.1. The normalized spacial score (nSPS) is 17.4. The molecule has 1 aliphatic rings. The van der Waals surface area contributed by atoms with Crippen molar-refractivity contribution in [2.24, 2.45) is 0 Å². The van der Waals surface area contributed by atoms with E-state index in [0.717, 1.165) is 19.4 Å². The summed E-state index contributed by atoms with van der Waals surface area (Å²) < 4.78 is 5.67. The van der Waals surface area contributed by atoms with E-state index in [4.69, 9.17) is 4.74 Å². The van der Waals surface area contributed by atoms with Gasteiger partial charge in [0.05, 0.1) is 24.5 Å². The van der Waals surface area contributed by atoms with E-state index in [9.17, 15) is 4.79 Å². The van der Waals surface area contributed by atoms with Crippen molar-refractivity contribution in [2.45, 2.75) is 25.5 Å². The Labute approximate surface area is 133 Å². The number of nitrogens with zero attached hydrogens (tertiary/aromatic N) is 2. The smallest absolute Gasteiger partial charge is 0.322 e. The van der Waals surface area contributed by atoms with E-state index in [2.05, 4.69) is 10.3 Å². The summed E-state index contributed by atoms with van der Waals surface area (Å²) in [6.07, 6.45) is 5.56. The summed E-state index contributed by atoms with van der Waals surface area (Å²) >= 11 is 1.66. The van der Waals surface area contributed by atoms with Gasteiger partial charge in [0, 0.05) is 24.2 Å². The fraction of sp³-hybridized carbons (Fsp3) is 0.375. The van der Waals surface area contributed by atoms with Crippen LogP contribution in [0.15, 0.2) is 42.0 Å². The molecule has 2 aromatic rings. The van der Waals surface area contributed by atoms with Crippen LogP contribution in [0, 0.1) is 0 Å². The summed E-state index contributed by atoms with van der Waals surface area (Å²) in [4.78, 5) is 19.6. The lowest BCUT2D eigenvalue weighted by Gasteiger charge is -2.25. The first-order valence-corrected chi connectivity index (χ1v) is 8.29. The van der Waals surface area contributed by atoms with E-state index in [1.54, 1.807) is 29.8 Å². The van der Waals surface area contributed by atoms with Gasteiger partial charge in [-0.25, -0.2) is 4.79 Å². The maximum absolute atomic E-state index is 12.6. The van der Waals surface area contributed by atoms with Crippen LogP contribution in [0.2, 0.25) is 0 Å². The Morgan fingerprint density at radius 3 is 3.09 bits per heavy atom. The number of thiophene rings is 1. The Hall–Kier alpha value is -1.92. The minimum atomic E-state index is -0.114. The van der Waals surface area contributed by atoms with E-state index in [1.165, 1.54) is 4.88 Å². The van der Waals surface area contributed by atoms with Crippen molar-refractivity contribution in [3.05, 3.63) is 46.9 Å². The number of aromatic nitrogens is 1. The van der Waals surface area contributed by atoms with Crippen molar-refractivity contribution >= 4 is 23.1 Å². The summed E-state index contributed by atoms with van der Waals surface area (Å²) in [5, 5.41) is 4.93. The van der Waals surface area contributed by atoms with E-state index in [1.807, 2.05) is 28.5 Å². The number of ether oxygens (including phenoxy) is 1. The number of amides is 2. The fourth-order valence-corrected chi connectivity index (χ4v) is 3.20. The first-order chi connectivity index (χ1) is 10.8. The van der Waals surface area contributed by atoms with E-state index in [-0.39, 0.29) is 12.1 Å². The quantitative estimate of drug-likeness (QED) is 0.920. The number of hydrogen-bond donors (Lipinski definition) is 1. The van der Waals surface area contributed by atoms with E-state index in [0.29, 0.717) is 18.8 Å². The molecule has 22 heavy (non-hydrogen) atoms. The molecule has 1 fully saturated rings. The molecule has 3 heterocycles. The minimum Gasteiger partial charge on any atom is -0.376 e. The second-order valence-electron chi connectivity index (χ2n) is 5.27. The molecular weight excluding hydrogens is 298 g/mol. The molecule has 1 unspecified atom stereocenters. The average molecular weight is 317 g/mol. The SMILES string of the molecule is O=C(Nc1cccnc1)N(Cc1cccs1)CC1CCCO1. The van der Waals surface area contributed by atoms with Gasteiger partial charge in [0.2, 0.25) is 0 Å². The second-order valence-corrected chi connectivity index (χ2v) is 6.30. The summed E-state index contributed by atoms with van der Waals surface area (Å²) in [7, 11) is 0. The summed E-state index contributed by atoms with van der Waals surface area (Å²) in [6, 6.07) is 7.57. The zero-order valence-electron chi connectivity index (χ0n) is 12.3. The Morgan fingerprint density at radius 2 is 2.41 bits per heavy atom. The molecule has 1 atom stereocenters. The van der Waals surface area contributed by atoms with Gasteiger partial charge >= 0.3 is 6.03 Å². The molecular formula is C16H19N3O2S. The van der Waals surface area contributed by atoms with Crippen molar-refractivity contribution in [1.82, 2.24) is 9.88 Å². The van der Waals surface area contributed by atoms with Crippen LogP contribution in [0.5, 0.6) is 0 Å². The second kappa shape index (κ2) is 7.38. The van der Waals surface area contributed by atoms with Gasteiger partial charge in [0.25, 0.3) is 0 Å². The van der Waals surface area contributed by atoms with Gasteiger partial charge in [-0.1, -0.05) is 6.07 Å². The molecule has 6 heteroatoms. The molecule has 2 amide bonds. The maximum atomic E-state index is 12.6. The number of urea groups is 1. The lowest BCUT2D eigenvalue weighted by Crippen LogP contribution is -2.39. The molecule has 0 radical (unpaired) electrons. The van der Waals surface area contributed by atoms with Gasteiger partial charge in [-0.2, -0.15) is 0 Å². The molecule has 2 aromatic heterocycles. The van der Waals surface area contributed by atoms with Gasteiger partial charge in [-0.15, -0.1) is 11.3 Å². The molecule has 0 aliphatic carbocycles. The van der Waals surface area contributed by atoms with Gasteiger partial charge in [-0.05, 0) is 36.4 Å². The third-order valence-electron chi connectivity index (χ3n) is 3.57. The summed E-state index contributed by atoms with van der Waals surface area (Å²) in [6.45, 7) is 2.01. The van der Waals surface area contributed by atoms with Gasteiger partial charge in [0.15, 0.2) is 0 Å². The third kappa shape index (κ3) is 4.05. The highest BCUT2D eigenvalue weighted by Gasteiger charge is 2.23. The lowest BCUT2D eigenvalue weighted by atomic mass is 10.2. The van der Waals surface area contributed by atoms with Crippen molar-refractivity contribution in [2.75, 3.05) is 18.5 Å². The van der Waals surface area contributed by atoms with Crippen LogP contribution >= 0.6 is 11.3 Å². The predicted octanol–water partition coefficient (Wildman–Crippen LogP) is 3.36. The topological polar surface area (TPSA) is 54.5 Å². The minimum absolute atomic E-state index is 0.114. The highest BCUT2D eigenvalue weighted by molar-refractivity contribution is 7.09. The first-order valence-electron chi connectivity index (χ1n) is 7.41. The molecule has 5 nitrogen and oxygen atoms in total. The number of carbonyl (C=O) groups is 1. The number of anilines is 1. The molecule has 1 saturated heterocycles. The number of nitrogens with one attached hydrogen (secondary N) is 1. The standard InChI is InChI=1S/C16H19N3O2S/c20-16(18-13-4-1-7-17-10-13)19(11-14-5-2-8-21-14)12-15-6-3-9-22-15/h1,3-4,6-7,9-10,14H,2,5,8,11-12H2,(H,18,20). The predicted molar refractivity (Wildman–Crippen MR) is 87.0 cm³/mol. The molecule has 0 bridgehead atoms. The maximum Gasteiger partial charge on any atom is 0.322 e. The van der Waals surface area contributed by atoms with Crippen molar-refractivity contribution in [3.8, 4) is 0 Å². The fourth-order valence-electron chi connectivity index (χ4n) is 2.48. The summed E-state index contributed by atoms with van der Waals surface area (Å²) in [5.41, 5.74) is 0.705. The average Bonchev–Trinajstić information content (AvgIpc) is 3.21. The van der Waals surface area contributed by atoms with Gasteiger partial charge in [-0.3, -0.25) is 4.98 Å². The molecule has 0 saturated carbocycles. The lowest BCUT2D eigenvalue weighted by molar-refractivity contribution is 0.0821. The number of carbonyl (C=O) groups excluding carboxylic acids is 1. The number of hydrogen-bond acceptors (Lipinski definition) is 4. The largest absolute Gasteiger partial charge is 0.376 e. The molecule has 116 valence electrons. The van der Waals surface area contributed by atoms with E-state index < -0.39 is 0 Å². The molecule has 0 spiro atoms. The van der Waals surface area contributed by atoms with Crippen molar-refractivity contribution in [3.63, 3.8) is 0 Å². The molecule has 1 N–H and O–H groups in total. The van der Waals surface area contributed by atoms with Crippen LogP contribution in [0.25, 0.3) is 0 Å². The Morgan fingerprint density at radius 1 is 1.45 bits per heavy atom. The van der Waals surface area contributed by atoms with Crippen LogP contribution in [0.3, 0.4) is 0 Å². The van der Waals surface area contributed by atoms with Gasteiger partial charge in [0.1, 0.15) is 0 Å². The molecule has 3 rings (SSSR count). The van der Waals surface area contributed by atoms with Gasteiger partial charge < -0.3 is 15.0 Å². The van der Waals surface area contributed by atoms with Crippen molar-refractivity contribution in [1.29, 1.82) is 0 Å². The van der Waals surface area contributed by atoms with Crippen molar-refractivity contribution < 1.29 is 9.53 Å². The number of pyridine rings is 1.